The van der Waals surface area contributed by atoms with Gasteiger partial charge in [0.25, 0.3) is 5.91 Å². The van der Waals surface area contributed by atoms with E-state index in [9.17, 15) is 9.59 Å². The largest absolute Gasteiger partial charge is 0.326 e. The highest BCUT2D eigenvalue weighted by atomic mass is 16.2. The Bertz CT molecular complexity index is 948. The van der Waals surface area contributed by atoms with Crippen molar-refractivity contribution in [1.29, 1.82) is 0 Å². The van der Waals surface area contributed by atoms with E-state index in [2.05, 4.69) is 10.6 Å². The van der Waals surface area contributed by atoms with Crippen LogP contribution in [0.1, 0.15) is 29.3 Å². The van der Waals surface area contributed by atoms with Crippen molar-refractivity contribution in [3.05, 3.63) is 83.9 Å². The summed E-state index contributed by atoms with van der Waals surface area (Å²) >= 11 is 0. The number of carbonyl (C=O) groups excluding carboxylic acids is 2. The molecule has 0 radical (unpaired) electrons. The van der Waals surface area contributed by atoms with Crippen LogP contribution in [0.4, 0.5) is 11.4 Å². The fourth-order valence-corrected chi connectivity index (χ4v) is 2.72. The Hall–Kier alpha value is -3.40. The molecule has 27 heavy (non-hydrogen) atoms. The van der Waals surface area contributed by atoms with Gasteiger partial charge in [-0.1, -0.05) is 55.5 Å². The second-order valence-corrected chi connectivity index (χ2v) is 6.33. The van der Waals surface area contributed by atoms with Gasteiger partial charge in [-0.15, -0.1) is 0 Å². The van der Waals surface area contributed by atoms with Crippen molar-refractivity contribution in [2.75, 3.05) is 10.6 Å². The Kier molecular flexibility index (Phi) is 5.67. The molecule has 4 heteroatoms. The van der Waals surface area contributed by atoms with Crippen LogP contribution in [0.5, 0.6) is 0 Å². The minimum atomic E-state index is -0.189. The highest BCUT2D eigenvalue weighted by molar-refractivity contribution is 6.05. The summed E-state index contributed by atoms with van der Waals surface area (Å²) in [7, 11) is 0. The van der Waals surface area contributed by atoms with E-state index in [0.29, 0.717) is 23.4 Å². The van der Waals surface area contributed by atoms with Gasteiger partial charge in [0.1, 0.15) is 0 Å². The zero-order chi connectivity index (χ0) is 19.2. The van der Waals surface area contributed by atoms with Crippen molar-refractivity contribution < 1.29 is 9.59 Å². The van der Waals surface area contributed by atoms with Gasteiger partial charge in [0.05, 0.1) is 0 Å². The smallest absolute Gasteiger partial charge is 0.255 e. The molecule has 0 aliphatic rings. The van der Waals surface area contributed by atoms with Crippen LogP contribution in [0, 0.1) is 6.92 Å². The first-order valence-corrected chi connectivity index (χ1v) is 8.94. The topological polar surface area (TPSA) is 58.2 Å². The van der Waals surface area contributed by atoms with Gasteiger partial charge in [-0.2, -0.15) is 0 Å². The number of hydrogen-bond donors (Lipinski definition) is 2. The Morgan fingerprint density at radius 1 is 0.815 bits per heavy atom. The summed E-state index contributed by atoms with van der Waals surface area (Å²) in [5, 5.41) is 5.73. The molecule has 0 aromatic heterocycles. The SMILES string of the molecule is CCC(=O)Nc1cc(NC(=O)c2ccc(-c3ccccc3)cc2)ccc1C. The number of carbonyl (C=O) groups is 2. The average molecular weight is 358 g/mol. The summed E-state index contributed by atoms with van der Waals surface area (Å²) in [4.78, 5) is 24.2. The predicted molar refractivity (Wildman–Crippen MR) is 110 cm³/mol. The molecule has 0 fully saturated rings. The molecule has 0 saturated carbocycles. The van der Waals surface area contributed by atoms with E-state index < -0.39 is 0 Å². The third-order valence-corrected chi connectivity index (χ3v) is 4.34. The van der Waals surface area contributed by atoms with Crippen LogP contribution in [0.15, 0.2) is 72.8 Å². The molecule has 0 heterocycles. The van der Waals surface area contributed by atoms with Crippen molar-refractivity contribution in [1.82, 2.24) is 0 Å². The van der Waals surface area contributed by atoms with E-state index in [1.807, 2.05) is 73.7 Å². The lowest BCUT2D eigenvalue weighted by Gasteiger charge is -2.11. The lowest BCUT2D eigenvalue weighted by atomic mass is 10.0. The Morgan fingerprint density at radius 2 is 1.48 bits per heavy atom. The molecular weight excluding hydrogens is 336 g/mol. The number of rotatable bonds is 5. The van der Waals surface area contributed by atoms with Crippen molar-refractivity contribution in [3.63, 3.8) is 0 Å². The summed E-state index contributed by atoms with van der Waals surface area (Å²) in [5.41, 5.74) is 5.05. The lowest BCUT2D eigenvalue weighted by molar-refractivity contribution is -0.115. The molecular formula is C23H22N2O2. The van der Waals surface area contributed by atoms with Gasteiger partial charge in [-0.25, -0.2) is 0 Å². The zero-order valence-electron chi connectivity index (χ0n) is 15.5. The molecule has 3 aromatic rings. The molecule has 0 spiro atoms. The van der Waals surface area contributed by atoms with E-state index in [4.69, 9.17) is 0 Å². The van der Waals surface area contributed by atoms with Crippen LogP contribution in [-0.2, 0) is 4.79 Å². The maximum atomic E-state index is 12.5. The molecule has 0 aliphatic heterocycles. The number of amides is 2. The van der Waals surface area contributed by atoms with Crippen LogP contribution < -0.4 is 10.6 Å². The number of benzene rings is 3. The molecule has 136 valence electrons. The molecule has 0 aliphatic carbocycles. The van der Waals surface area contributed by atoms with Crippen molar-refractivity contribution in [2.24, 2.45) is 0 Å². The van der Waals surface area contributed by atoms with E-state index in [1.165, 1.54) is 0 Å². The van der Waals surface area contributed by atoms with Gasteiger partial charge in [-0.3, -0.25) is 9.59 Å². The van der Waals surface area contributed by atoms with Gasteiger partial charge in [-0.05, 0) is 47.9 Å². The minimum Gasteiger partial charge on any atom is -0.326 e. The minimum absolute atomic E-state index is 0.0573. The van der Waals surface area contributed by atoms with Gasteiger partial charge in [0.15, 0.2) is 0 Å². The number of nitrogens with one attached hydrogen (secondary N) is 2. The zero-order valence-corrected chi connectivity index (χ0v) is 15.5. The molecule has 2 amide bonds. The number of anilines is 2. The van der Waals surface area contributed by atoms with Gasteiger partial charge >= 0.3 is 0 Å². The first kappa shape index (κ1) is 18.4. The van der Waals surface area contributed by atoms with Crippen LogP contribution in [-0.4, -0.2) is 11.8 Å². The molecule has 0 bridgehead atoms. The Labute approximate surface area is 159 Å². The number of hydrogen-bond acceptors (Lipinski definition) is 2. The van der Waals surface area contributed by atoms with E-state index >= 15 is 0 Å². The monoisotopic (exact) mass is 358 g/mol. The first-order chi connectivity index (χ1) is 13.1. The number of aryl methyl sites for hydroxylation is 1. The summed E-state index contributed by atoms with van der Waals surface area (Å²) in [5.74, 6) is -0.246. The van der Waals surface area contributed by atoms with Crippen LogP contribution in [0.2, 0.25) is 0 Å². The van der Waals surface area contributed by atoms with Gasteiger partial charge in [0, 0.05) is 23.4 Å². The molecule has 3 aromatic carbocycles. The molecule has 0 unspecified atom stereocenters. The highest BCUT2D eigenvalue weighted by Crippen LogP contribution is 2.22. The van der Waals surface area contributed by atoms with Crippen LogP contribution in [0.3, 0.4) is 0 Å². The Morgan fingerprint density at radius 3 is 2.15 bits per heavy atom. The fourth-order valence-electron chi connectivity index (χ4n) is 2.72. The normalized spacial score (nSPS) is 10.3. The molecule has 0 atom stereocenters. The third kappa shape index (κ3) is 4.61. The average Bonchev–Trinajstić information content (AvgIpc) is 2.71. The van der Waals surface area contributed by atoms with Crippen molar-refractivity contribution in [3.8, 4) is 11.1 Å². The van der Waals surface area contributed by atoms with Crippen LogP contribution >= 0.6 is 0 Å². The second-order valence-electron chi connectivity index (χ2n) is 6.33. The van der Waals surface area contributed by atoms with Crippen molar-refractivity contribution >= 4 is 23.2 Å². The maximum Gasteiger partial charge on any atom is 0.255 e. The van der Waals surface area contributed by atoms with E-state index in [0.717, 1.165) is 16.7 Å². The van der Waals surface area contributed by atoms with E-state index in [-0.39, 0.29) is 11.8 Å². The molecule has 3 rings (SSSR count). The third-order valence-electron chi connectivity index (χ3n) is 4.34. The standard InChI is InChI=1S/C23H22N2O2/c1-3-22(26)25-21-15-20(14-9-16(21)2)24-23(27)19-12-10-18(11-13-19)17-7-5-4-6-8-17/h4-15H,3H2,1-2H3,(H,24,27)(H,25,26). The predicted octanol–water partition coefficient (Wildman–Crippen LogP) is 5.26. The Balaban J connectivity index is 1.73. The summed E-state index contributed by atoms with van der Waals surface area (Å²) in [6.07, 6.45) is 0.407. The lowest BCUT2D eigenvalue weighted by Crippen LogP contribution is -2.14. The van der Waals surface area contributed by atoms with E-state index in [1.54, 1.807) is 13.0 Å². The molecule has 2 N–H and O–H groups in total. The van der Waals surface area contributed by atoms with Crippen LogP contribution in [0.25, 0.3) is 11.1 Å². The molecule has 0 saturated heterocycles. The van der Waals surface area contributed by atoms with Gasteiger partial charge in [0.2, 0.25) is 5.91 Å². The first-order valence-electron chi connectivity index (χ1n) is 8.94. The maximum absolute atomic E-state index is 12.5. The quantitative estimate of drug-likeness (QED) is 0.653. The fraction of sp³-hybridized carbons (Fsp3) is 0.130. The highest BCUT2D eigenvalue weighted by Gasteiger charge is 2.09. The van der Waals surface area contributed by atoms with Gasteiger partial charge < -0.3 is 10.6 Å². The summed E-state index contributed by atoms with van der Waals surface area (Å²) in [6.45, 7) is 3.72. The molecule has 4 nitrogen and oxygen atoms in total. The second kappa shape index (κ2) is 8.32. The summed E-state index contributed by atoms with van der Waals surface area (Å²) < 4.78 is 0. The summed E-state index contributed by atoms with van der Waals surface area (Å²) in [6, 6.07) is 23.0. The van der Waals surface area contributed by atoms with Crippen molar-refractivity contribution in [2.45, 2.75) is 20.3 Å².